The van der Waals surface area contributed by atoms with E-state index in [9.17, 15) is 0 Å². The van der Waals surface area contributed by atoms with E-state index in [2.05, 4.69) is 5.32 Å². The van der Waals surface area contributed by atoms with Gasteiger partial charge in [-0.1, -0.05) is 11.6 Å². The molecule has 1 aromatic carbocycles. The summed E-state index contributed by atoms with van der Waals surface area (Å²) in [5.41, 5.74) is 7.25. The molecule has 1 aliphatic heterocycles. The van der Waals surface area contributed by atoms with Gasteiger partial charge in [0.25, 0.3) is 0 Å². The Bertz CT molecular complexity index is 337. The number of nitrogens with one attached hydrogen (secondary N) is 1. The van der Waals surface area contributed by atoms with Gasteiger partial charge < -0.3 is 15.8 Å². The van der Waals surface area contributed by atoms with Crippen molar-refractivity contribution < 1.29 is 4.74 Å². The summed E-state index contributed by atoms with van der Waals surface area (Å²) in [5.74, 6) is 0.596. The van der Waals surface area contributed by atoms with Crippen LogP contribution >= 0.6 is 11.6 Å². The van der Waals surface area contributed by atoms with E-state index in [1.54, 1.807) is 6.07 Å². The summed E-state index contributed by atoms with van der Waals surface area (Å²) in [5, 5.41) is 3.99. The first kappa shape index (κ1) is 10.6. The predicted octanol–water partition coefficient (Wildman–Crippen LogP) is 2.37. The first-order valence-corrected chi connectivity index (χ1v) is 5.50. The third-order valence-corrected chi connectivity index (χ3v) is 2.91. The van der Waals surface area contributed by atoms with Gasteiger partial charge in [0, 0.05) is 24.8 Å². The van der Waals surface area contributed by atoms with Gasteiger partial charge in [0.05, 0.1) is 17.3 Å². The van der Waals surface area contributed by atoms with Crippen LogP contribution in [0.4, 0.5) is 11.4 Å². The number of nitrogens with two attached hydrogens (primary N) is 1. The minimum Gasteiger partial charge on any atom is -0.399 e. The highest BCUT2D eigenvalue weighted by Crippen LogP contribution is 2.24. The quantitative estimate of drug-likeness (QED) is 0.778. The second-order valence-electron chi connectivity index (χ2n) is 3.85. The van der Waals surface area contributed by atoms with E-state index in [0.717, 1.165) is 31.9 Å². The van der Waals surface area contributed by atoms with E-state index in [1.165, 1.54) is 0 Å². The number of nitrogen functional groups attached to an aromatic ring is 1. The summed E-state index contributed by atoms with van der Waals surface area (Å²) in [6, 6.07) is 5.52. The summed E-state index contributed by atoms with van der Waals surface area (Å²) >= 11 is 6.04. The lowest BCUT2D eigenvalue weighted by Crippen LogP contribution is -2.14. The molecule has 1 unspecified atom stereocenters. The molecule has 1 heterocycles. The fourth-order valence-electron chi connectivity index (χ4n) is 1.67. The van der Waals surface area contributed by atoms with Gasteiger partial charge in [-0.25, -0.2) is 0 Å². The minimum atomic E-state index is 0.596. The van der Waals surface area contributed by atoms with Crippen LogP contribution in [-0.2, 0) is 4.74 Å². The standard InChI is InChI=1S/C11H15ClN2O/c12-10-5-9(13)1-2-11(10)14-6-8-3-4-15-7-8/h1-2,5,8,14H,3-4,6-7,13H2. The zero-order valence-corrected chi connectivity index (χ0v) is 9.26. The second-order valence-corrected chi connectivity index (χ2v) is 4.26. The predicted molar refractivity (Wildman–Crippen MR) is 63.3 cm³/mol. The highest BCUT2D eigenvalue weighted by molar-refractivity contribution is 6.33. The van der Waals surface area contributed by atoms with Crippen molar-refractivity contribution in [3.63, 3.8) is 0 Å². The third kappa shape index (κ3) is 2.76. The van der Waals surface area contributed by atoms with E-state index in [-0.39, 0.29) is 0 Å². The summed E-state index contributed by atoms with van der Waals surface area (Å²) in [4.78, 5) is 0. The van der Waals surface area contributed by atoms with E-state index < -0.39 is 0 Å². The van der Waals surface area contributed by atoms with Crippen LogP contribution in [0.5, 0.6) is 0 Å². The zero-order chi connectivity index (χ0) is 10.7. The normalized spacial score (nSPS) is 20.5. The molecule has 3 N–H and O–H groups in total. The van der Waals surface area contributed by atoms with Crippen molar-refractivity contribution in [2.75, 3.05) is 30.8 Å². The molecule has 1 saturated heterocycles. The fraction of sp³-hybridized carbons (Fsp3) is 0.455. The zero-order valence-electron chi connectivity index (χ0n) is 8.50. The number of ether oxygens (including phenoxy) is 1. The number of hydrogen-bond acceptors (Lipinski definition) is 3. The molecular weight excluding hydrogens is 212 g/mol. The van der Waals surface area contributed by atoms with Crippen molar-refractivity contribution in [3.8, 4) is 0 Å². The Morgan fingerprint density at radius 3 is 3.07 bits per heavy atom. The van der Waals surface area contributed by atoms with E-state index >= 15 is 0 Å². The van der Waals surface area contributed by atoms with Crippen LogP contribution in [0, 0.1) is 5.92 Å². The molecule has 4 heteroatoms. The molecule has 1 aliphatic rings. The van der Waals surface area contributed by atoms with Gasteiger partial charge in [0.15, 0.2) is 0 Å². The summed E-state index contributed by atoms with van der Waals surface area (Å²) < 4.78 is 5.30. The molecule has 82 valence electrons. The lowest BCUT2D eigenvalue weighted by Gasteiger charge is -2.12. The number of rotatable bonds is 3. The van der Waals surface area contributed by atoms with Gasteiger partial charge in [0.1, 0.15) is 0 Å². The van der Waals surface area contributed by atoms with Gasteiger partial charge in [-0.2, -0.15) is 0 Å². The lowest BCUT2D eigenvalue weighted by atomic mass is 10.1. The van der Waals surface area contributed by atoms with Crippen LogP contribution in [0.2, 0.25) is 5.02 Å². The molecule has 3 nitrogen and oxygen atoms in total. The maximum atomic E-state index is 6.04. The van der Waals surface area contributed by atoms with Crippen molar-refractivity contribution in [1.29, 1.82) is 0 Å². The van der Waals surface area contributed by atoms with Gasteiger partial charge in [-0.05, 0) is 24.6 Å². The smallest absolute Gasteiger partial charge is 0.0657 e. The molecule has 0 aromatic heterocycles. The average molecular weight is 227 g/mol. The molecule has 0 amide bonds. The topological polar surface area (TPSA) is 47.3 Å². The largest absolute Gasteiger partial charge is 0.399 e. The van der Waals surface area contributed by atoms with E-state index in [1.807, 2.05) is 12.1 Å². The molecule has 15 heavy (non-hydrogen) atoms. The highest BCUT2D eigenvalue weighted by Gasteiger charge is 2.15. The van der Waals surface area contributed by atoms with Crippen LogP contribution in [0.15, 0.2) is 18.2 Å². The van der Waals surface area contributed by atoms with Crippen LogP contribution in [0.1, 0.15) is 6.42 Å². The van der Waals surface area contributed by atoms with E-state index in [0.29, 0.717) is 16.6 Å². The molecular formula is C11H15ClN2O. The molecule has 0 saturated carbocycles. The van der Waals surface area contributed by atoms with Gasteiger partial charge in [0.2, 0.25) is 0 Å². The first-order valence-electron chi connectivity index (χ1n) is 5.12. The number of hydrogen-bond donors (Lipinski definition) is 2. The van der Waals surface area contributed by atoms with Crippen LogP contribution < -0.4 is 11.1 Å². The van der Waals surface area contributed by atoms with Crippen molar-refractivity contribution in [2.24, 2.45) is 5.92 Å². The van der Waals surface area contributed by atoms with E-state index in [4.69, 9.17) is 22.1 Å². The molecule has 2 rings (SSSR count). The van der Waals surface area contributed by atoms with Crippen molar-refractivity contribution in [1.82, 2.24) is 0 Å². The summed E-state index contributed by atoms with van der Waals surface area (Å²) in [6.07, 6.45) is 1.12. The maximum absolute atomic E-state index is 6.04. The SMILES string of the molecule is Nc1ccc(NCC2CCOC2)c(Cl)c1. The number of anilines is 2. The minimum absolute atomic E-state index is 0.596. The Kier molecular flexibility index (Phi) is 3.34. The van der Waals surface area contributed by atoms with Gasteiger partial charge in [-0.3, -0.25) is 0 Å². The Labute approximate surface area is 94.6 Å². The average Bonchev–Trinajstić information content (AvgIpc) is 2.69. The fourth-order valence-corrected chi connectivity index (χ4v) is 1.93. The first-order chi connectivity index (χ1) is 7.25. The summed E-state index contributed by atoms with van der Waals surface area (Å²) in [7, 11) is 0. The van der Waals surface area contributed by atoms with Crippen molar-refractivity contribution in [3.05, 3.63) is 23.2 Å². The molecule has 0 aliphatic carbocycles. The number of benzene rings is 1. The Morgan fingerprint density at radius 2 is 2.40 bits per heavy atom. The molecule has 0 radical (unpaired) electrons. The van der Waals surface area contributed by atoms with Gasteiger partial charge in [-0.15, -0.1) is 0 Å². The highest BCUT2D eigenvalue weighted by atomic mass is 35.5. The Hall–Kier alpha value is -0.930. The third-order valence-electron chi connectivity index (χ3n) is 2.60. The molecule has 1 atom stereocenters. The van der Waals surface area contributed by atoms with Crippen molar-refractivity contribution >= 4 is 23.0 Å². The monoisotopic (exact) mass is 226 g/mol. The van der Waals surface area contributed by atoms with Crippen LogP contribution in [-0.4, -0.2) is 19.8 Å². The maximum Gasteiger partial charge on any atom is 0.0657 e. The summed E-state index contributed by atoms with van der Waals surface area (Å²) in [6.45, 7) is 2.63. The second kappa shape index (κ2) is 4.73. The molecule has 1 aromatic rings. The lowest BCUT2D eigenvalue weighted by molar-refractivity contribution is 0.187. The van der Waals surface area contributed by atoms with Crippen LogP contribution in [0.3, 0.4) is 0 Å². The number of halogens is 1. The molecule has 0 spiro atoms. The van der Waals surface area contributed by atoms with Crippen LogP contribution in [0.25, 0.3) is 0 Å². The Morgan fingerprint density at radius 1 is 1.53 bits per heavy atom. The molecule has 0 bridgehead atoms. The van der Waals surface area contributed by atoms with Crippen molar-refractivity contribution in [2.45, 2.75) is 6.42 Å². The molecule has 1 fully saturated rings. The van der Waals surface area contributed by atoms with Gasteiger partial charge >= 0.3 is 0 Å². The Balaban J connectivity index is 1.92.